The molecule has 0 unspecified atom stereocenters. The highest BCUT2D eigenvalue weighted by Crippen LogP contribution is 2.37. The lowest BCUT2D eigenvalue weighted by atomic mass is 10.0. The lowest BCUT2D eigenvalue weighted by molar-refractivity contribution is -0.138. The summed E-state index contributed by atoms with van der Waals surface area (Å²) in [5.41, 5.74) is 6.47. The average Bonchev–Trinajstić information content (AvgIpc) is 2.91. The molecule has 0 spiro atoms. The second-order valence-corrected chi connectivity index (χ2v) is 10.6. The van der Waals surface area contributed by atoms with E-state index in [0.717, 1.165) is 5.56 Å². The number of aliphatic carboxylic acids is 1. The largest absolute Gasteiger partial charge is 0.524 e. The number of rotatable bonds is 18. The van der Waals surface area contributed by atoms with Crippen LogP contribution >= 0.6 is 7.82 Å². The Bertz CT molecular complexity index is 1330. The van der Waals surface area contributed by atoms with Gasteiger partial charge in [-0.05, 0) is 54.7 Å². The molecule has 43 heavy (non-hydrogen) atoms. The molecule has 2 atom stereocenters. The Morgan fingerprint density at radius 1 is 0.930 bits per heavy atom. The number of aryl methyl sites for hydroxylation is 1. The van der Waals surface area contributed by atoms with Gasteiger partial charge in [-0.1, -0.05) is 24.3 Å². The fourth-order valence-corrected chi connectivity index (χ4v) is 4.29. The number of carboxylic acids is 1. The van der Waals surface area contributed by atoms with Crippen molar-refractivity contribution in [3.63, 3.8) is 0 Å². The molecule has 0 aliphatic carbocycles. The number of carbonyl (C=O) groups excluding carboxylic acids is 4. The number of hydrogen-bond acceptors (Lipinski definition) is 8. The van der Waals surface area contributed by atoms with Crippen molar-refractivity contribution in [3.05, 3.63) is 59.7 Å². The Morgan fingerprint density at radius 3 is 2.23 bits per heavy atom. The van der Waals surface area contributed by atoms with Gasteiger partial charge in [0.15, 0.2) is 6.61 Å². The quantitative estimate of drug-likeness (QED) is 0.0872. The van der Waals surface area contributed by atoms with Crippen molar-refractivity contribution in [3.8, 4) is 11.5 Å². The van der Waals surface area contributed by atoms with Crippen molar-refractivity contribution < 1.29 is 52.7 Å². The molecule has 0 fully saturated rings. The summed E-state index contributed by atoms with van der Waals surface area (Å²) in [4.78, 5) is 77.8. The first-order chi connectivity index (χ1) is 20.2. The number of benzene rings is 2. The van der Waals surface area contributed by atoms with Crippen LogP contribution in [0.15, 0.2) is 48.5 Å². The normalized spacial score (nSPS) is 12.3. The number of carboxylic acid groups (broad SMARTS) is 1. The molecule has 0 radical (unpaired) electrons. The summed E-state index contributed by atoms with van der Waals surface area (Å²) in [6.07, 6.45) is 0.399. The lowest BCUT2D eigenvalue weighted by Gasteiger charge is -2.23. The topological polar surface area (TPSA) is 244 Å². The van der Waals surface area contributed by atoms with Gasteiger partial charge in [0.05, 0.1) is 0 Å². The maximum Gasteiger partial charge on any atom is 0.524 e. The minimum absolute atomic E-state index is 0.0446. The minimum atomic E-state index is -4.76. The number of nitrogens with one attached hydrogen (secondary N) is 3. The number of nitrogens with two attached hydrogens (primary N) is 1. The fraction of sp³-hybridized carbons (Fsp3) is 0.370. The smallest absolute Gasteiger partial charge is 0.484 e. The van der Waals surface area contributed by atoms with E-state index in [1.54, 1.807) is 18.2 Å². The Kier molecular flexibility index (Phi) is 13.6. The van der Waals surface area contributed by atoms with E-state index in [1.165, 1.54) is 31.2 Å². The summed E-state index contributed by atoms with van der Waals surface area (Å²) < 4.78 is 20.8. The van der Waals surface area contributed by atoms with Crippen LogP contribution in [0.5, 0.6) is 11.5 Å². The molecule has 0 aliphatic rings. The summed E-state index contributed by atoms with van der Waals surface area (Å²) in [6, 6.07) is 10.1. The van der Waals surface area contributed by atoms with Gasteiger partial charge in [-0.2, -0.15) is 0 Å². The molecule has 2 aromatic rings. The van der Waals surface area contributed by atoms with Crippen molar-refractivity contribution in [1.29, 1.82) is 0 Å². The van der Waals surface area contributed by atoms with Crippen LogP contribution in [0.3, 0.4) is 0 Å². The molecular weight excluding hydrogens is 587 g/mol. The number of phosphoric acid groups is 1. The van der Waals surface area contributed by atoms with Crippen molar-refractivity contribution in [2.24, 2.45) is 5.73 Å². The van der Waals surface area contributed by atoms with E-state index in [4.69, 9.17) is 25.4 Å². The number of ether oxygens (including phenoxy) is 1. The van der Waals surface area contributed by atoms with Gasteiger partial charge in [0, 0.05) is 26.3 Å². The van der Waals surface area contributed by atoms with Crippen LogP contribution in [0.25, 0.3) is 0 Å². The predicted octanol–water partition coefficient (Wildman–Crippen LogP) is 0.168. The van der Waals surface area contributed by atoms with Crippen LogP contribution in [0.4, 0.5) is 0 Å². The van der Waals surface area contributed by atoms with Crippen molar-refractivity contribution in [2.75, 3.05) is 13.2 Å². The number of amides is 4. The van der Waals surface area contributed by atoms with Gasteiger partial charge in [0.1, 0.15) is 23.6 Å². The second-order valence-electron chi connectivity index (χ2n) is 9.47. The molecule has 4 amide bonds. The van der Waals surface area contributed by atoms with Crippen molar-refractivity contribution in [1.82, 2.24) is 16.0 Å². The van der Waals surface area contributed by atoms with Crippen LogP contribution in [-0.2, 0) is 41.4 Å². The van der Waals surface area contributed by atoms with Crippen LogP contribution < -0.4 is 30.9 Å². The van der Waals surface area contributed by atoms with Crippen molar-refractivity contribution in [2.45, 2.75) is 51.1 Å². The Balaban J connectivity index is 2.01. The van der Waals surface area contributed by atoms with E-state index >= 15 is 0 Å². The summed E-state index contributed by atoms with van der Waals surface area (Å²) in [5.74, 6) is -3.27. The zero-order valence-corrected chi connectivity index (χ0v) is 24.2. The second kappa shape index (κ2) is 16.9. The molecule has 0 bridgehead atoms. The van der Waals surface area contributed by atoms with Gasteiger partial charge >= 0.3 is 13.8 Å². The zero-order chi connectivity index (χ0) is 32.0. The maximum atomic E-state index is 13.1. The lowest BCUT2D eigenvalue weighted by Crippen LogP contribution is -2.54. The third kappa shape index (κ3) is 14.3. The highest BCUT2D eigenvalue weighted by molar-refractivity contribution is 7.46. The van der Waals surface area contributed by atoms with Gasteiger partial charge < -0.3 is 36.1 Å². The van der Waals surface area contributed by atoms with E-state index in [1.807, 2.05) is 6.07 Å². The minimum Gasteiger partial charge on any atom is -0.484 e. The first kappa shape index (κ1) is 34.7. The van der Waals surface area contributed by atoms with E-state index in [9.17, 15) is 28.5 Å². The molecule has 0 aliphatic heterocycles. The Labute approximate surface area is 247 Å². The van der Waals surface area contributed by atoms with Gasteiger partial charge in [-0.3, -0.25) is 33.8 Å². The number of hydrogen-bond donors (Lipinski definition) is 7. The molecule has 0 aromatic heterocycles. The molecule has 15 nitrogen and oxygen atoms in total. The molecule has 0 saturated carbocycles. The number of carbonyl (C=O) groups is 5. The van der Waals surface area contributed by atoms with Gasteiger partial charge in [0.25, 0.3) is 5.91 Å². The van der Waals surface area contributed by atoms with Crippen LogP contribution in [0, 0.1) is 0 Å². The molecule has 0 saturated heterocycles. The summed E-state index contributed by atoms with van der Waals surface area (Å²) >= 11 is 0. The maximum absolute atomic E-state index is 13.1. The zero-order valence-electron chi connectivity index (χ0n) is 23.4. The predicted molar refractivity (Wildman–Crippen MR) is 152 cm³/mol. The molecule has 234 valence electrons. The van der Waals surface area contributed by atoms with E-state index in [0.29, 0.717) is 24.2 Å². The Hall–Kier alpha value is -4.46. The van der Waals surface area contributed by atoms with Crippen LogP contribution in [0.1, 0.15) is 37.3 Å². The first-order valence-corrected chi connectivity index (χ1v) is 14.7. The standard InChI is InChI=1S/C27H35N4O11P/c1-17(32)30-23(15-19-7-9-20(10-8-19)42-43(38,39)40)27(37)31-22(11-12-25(34)35)26(36)29-13-3-5-18-4-2-6-21(14-18)41-16-24(28)33/h2,4,6-10,14,22-23H,3,5,11-13,15-16H2,1H3,(H2,28,33)(H,29,36)(H,30,32)(H,31,37)(H,34,35)(H2,38,39,40)/t22-,23-/m0/s1. The number of primary amides is 1. The molecule has 2 rings (SSSR count). The first-order valence-electron chi connectivity index (χ1n) is 13.1. The third-order valence-electron chi connectivity index (χ3n) is 5.78. The fourth-order valence-electron chi connectivity index (χ4n) is 3.90. The molecule has 16 heteroatoms. The highest BCUT2D eigenvalue weighted by atomic mass is 31.2. The summed E-state index contributed by atoms with van der Waals surface area (Å²) in [7, 11) is -4.76. The average molecular weight is 623 g/mol. The van der Waals surface area contributed by atoms with E-state index in [-0.39, 0.29) is 31.7 Å². The summed E-state index contributed by atoms with van der Waals surface area (Å²) in [6.45, 7) is 1.15. The SMILES string of the molecule is CC(=O)N[C@@H](Cc1ccc(OP(=O)(O)O)cc1)C(=O)N[C@@H](CCC(=O)O)C(=O)NCCCc1cccc(OCC(N)=O)c1. The van der Waals surface area contributed by atoms with Crippen molar-refractivity contribution >= 4 is 37.4 Å². The monoisotopic (exact) mass is 622 g/mol. The Morgan fingerprint density at radius 2 is 1.63 bits per heavy atom. The third-order valence-corrected chi connectivity index (χ3v) is 6.23. The number of phosphoric ester groups is 1. The van der Waals surface area contributed by atoms with Gasteiger partial charge in [-0.15, -0.1) is 0 Å². The van der Waals surface area contributed by atoms with Crippen LogP contribution in [-0.4, -0.2) is 69.7 Å². The molecule has 2 aromatic carbocycles. The molecule has 8 N–H and O–H groups in total. The molecule has 0 heterocycles. The highest BCUT2D eigenvalue weighted by Gasteiger charge is 2.27. The van der Waals surface area contributed by atoms with Gasteiger partial charge in [0.2, 0.25) is 17.7 Å². The van der Waals surface area contributed by atoms with E-state index < -0.39 is 55.9 Å². The summed E-state index contributed by atoms with van der Waals surface area (Å²) in [5, 5.41) is 16.8. The molecular formula is C27H35N4O11P. The van der Waals surface area contributed by atoms with E-state index in [2.05, 4.69) is 20.5 Å². The van der Waals surface area contributed by atoms with Crippen LogP contribution in [0.2, 0.25) is 0 Å². The van der Waals surface area contributed by atoms with Gasteiger partial charge in [-0.25, -0.2) is 4.57 Å².